The van der Waals surface area contributed by atoms with Gasteiger partial charge in [-0.3, -0.25) is 9.69 Å². The summed E-state index contributed by atoms with van der Waals surface area (Å²) < 4.78 is 5.75. The maximum absolute atomic E-state index is 11.1. The highest BCUT2D eigenvalue weighted by Crippen LogP contribution is 2.21. The van der Waals surface area contributed by atoms with Crippen molar-refractivity contribution in [3.8, 4) is 11.6 Å². The molecule has 3 aromatic rings. The summed E-state index contributed by atoms with van der Waals surface area (Å²) in [6.45, 7) is 6.46. The molecule has 0 radical (unpaired) electrons. The van der Waals surface area contributed by atoms with Crippen LogP contribution in [0.4, 0.5) is 0 Å². The summed E-state index contributed by atoms with van der Waals surface area (Å²) in [5, 5.41) is 0. The van der Waals surface area contributed by atoms with Gasteiger partial charge >= 0.3 is 0 Å². The van der Waals surface area contributed by atoms with Gasteiger partial charge in [0.15, 0.2) is 0 Å². The van der Waals surface area contributed by atoms with Crippen LogP contribution in [0.3, 0.4) is 0 Å². The van der Waals surface area contributed by atoms with Gasteiger partial charge in [-0.1, -0.05) is 42.5 Å². The third-order valence-corrected chi connectivity index (χ3v) is 5.60. The fourth-order valence-electron chi connectivity index (χ4n) is 3.73. The lowest BCUT2D eigenvalue weighted by Gasteiger charge is -2.34. The Balaban J connectivity index is 1.22. The first kappa shape index (κ1) is 21.0. The fraction of sp³-hybridized carbons (Fsp3) is 0.280. The van der Waals surface area contributed by atoms with Crippen LogP contribution in [0.5, 0.6) is 11.6 Å². The number of ether oxygens (including phenoxy) is 1. The average Bonchev–Trinajstić information content (AvgIpc) is 2.81. The second kappa shape index (κ2) is 10.2. The van der Waals surface area contributed by atoms with Crippen molar-refractivity contribution in [2.75, 3.05) is 32.7 Å². The molecule has 2 N–H and O–H groups in total. The largest absolute Gasteiger partial charge is 0.439 e. The van der Waals surface area contributed by atoms with Gasteiger partial charge in [-0.2, -0.15) is 0 Å². The SMILES string of the molecule is NC(=O)c1ccc(Oc2ccc(CN3CCN(CCc4ccccc4)CC3)cc2)nc1. The smallest absolute Gasteiger partial charge is 0.250 e. The van der Waals surface area contributed by atoms with E-state index >= 15 is 0 Å². The topological polar surface area (TPSA) is 71.7 Å². The predicted octanol–water partition coefficient (Wildman–Crippen LogP) is 3.33. The number of pyridine rings is 1. The molecule has 0 saturated carbocycles. The lowest BCUT2D eigenvalue weighted by atomic mass is 10.1. The van der Waals surface area contributed by atoms with Gasteiger partial charge in [-0.05, 0) is 35.7 Å². The van der Waals surface area contributed by atoms with Gasteiger partial charge in [0, 0.05) is 51.5 Å². The number of rotatable bonds is 8. The monoisotopic (exact) mass is 416 g/mol. The summed E-state index contributed by atoms with van der Waals surface area (Å²) in [5.74, 6) is 0.651. The summed E-state index contributed by atoms with van der Waals surface area (Å²) in [4.78, 5) is 20.3. The number of carbonyl (C=O) groups excluding carboxylic acids is 1. The van der Waals surface area contributed by atoms with E-state index in [1.165, 1.54) is 17.3 Å². The number of aromatic nitrogens is 1. The minimum absolute atomic E-state index is 0.364. The highest BCUT2D eigenvalue weighted by molar-refractivity contribution is 5.92. The van der Waals surface area contributed by atoms with Gasteiger partial charge in [0.2, 0.25) is 11.8 Å². The van der Waals surface area contributed by atoms with Crippen LogP contribution in [0.15, 0.2) is 72.9 Å². The van der Waals surface area contributed by atoms with Crippen LogP contribution in [0.1, 0.15) is 21.5 Å². The van der Waals surface area contributed by atoms with Crippen LogP contribution >= 0.6 is 0 Å². The molecule has 1 amide bonds. The predicted molar refractivity (Wildman–Crippen MR) is 121 cm³/mol. The highest BCUT2D eigenvalue weighted by Gasteiger charge is 2.16. The summed E-state index contributed by atoms with van der Waals surface area (Å²) in [6.07, 6.45) is 2.54. The van der Waals surface area contributed by atoms with E-state index in [4.69, 9.17) is 10.5 Å². The molecule has 1 saturated heterocycles. The zero-order chi connectivity index (χ0) is 21.5. The number of nitrogens with zero attached hydrogens (tertiary/aromatic N) is 3. The molecule has 0 atom stereocenters. The van der Waals surface area contributed by atoms with Crippen molar-refractivity contribution < 1.29 is 9.53 Å². The minimum atomic E-state index is -0.500. The maximum atomic E-state index is 11.1. The van der Waals surface area contributed by atoms with Gasteiger partial charge in [0.25, 0.3) is 0 Å². The Morgan fingerprint density at radius 3 is 2.23 bits per heavy atom. The van der Waals surface area contributed by atoms with Crippen molar-refractivity contribution in [3.05, 3.63) is 89.6 Å². The Labute approximate surface area is 183 Å². The number of carbonyl (C=O) groups is 1. The number of hydrogen-bond acceptors (Lipinski definition) is 5. The lowest BCUT2D eigenvalue weighted by Crippen LogP contribution is -2.46. The number of primary amides is 1. The number of amides is 1. The molecular formula is C25H28N4O2. The Bertz CT molecular complexity index is 967. The third kappa shape index (κ3) is 6.13. The van der Waals surface area contributed by atoms with Crippen molar-refractivity contribution in [2.45, 2.75) is 13.0 Å². The first-order valence-electron chi connectivity index (χ1n) is 10.7. The van der Waals surface area contributed by atoms with E-state index in [2.05, 4.69) is 57.2 Å². The van der Waals surface area contributed by atoms with Gasteiger partial charge in [0.05, 0.1) is 5.56 Å². The molecule has 1 fully saturated rings. The zero-order valence-electron chi connectivity index (χ0n) is 17.6. The molecular weight excluding hydrogens is 388 g/mol. The first-order chi connectivity index (χ1) is 15.2. The van der Waals surface area contributed by atoms with Crippen LogP contribution in [0, 0.1) is 0 Å². The highest BCUT2D eigenvalue weighted by atomic mass is 16.5. The molecule has 2 heterocycles. The van der Waals surface area contributed by atoms with E-state index < -0.39 is 5.91 Å². The van der Waals surface area contributed by atoms with Crippen LogP contribution in [-0.2, 0) is 13.0 Å². The third-order valence-electron chi connectivity index (χ3n) is 5.60. The van der Waals surface area contributed by atoms with Crippen molar-refractivity contribution >= 4 is 5.91 Å². The molecule has 6 nitrogen and oxygen atoms in total. The second-order valence-electron chi connectivity index (χ2n) is 7.85. The van der Waals surface area contributed by atoms with Gasteiger partial charge in [0.1, 0.15) is 5.75 Å². The van der Waals surface area contributed by atoms with E-state index in [9.17, 15) is 4.79 Å². The molecule has 160 valence electrons. The molecule has 0 bridgehead atoms. The van der Waals surface area contributed by atoms with E-state index in [1.807, 2.05) is 12.1 Å². The minimum Gasteiger partial charge on any atom is -0.439 e. The maximum Gasteiger partial charge on any atom is 0.250 e. The lowest BCUT2D eigenvalue weighted by molar-refractivity contribution is 0.1000. The number of piperazine rings is 1. The van der Waals surface area contributed by atoms with E-state index in [-0.39, 0.29) is 0 Å². The number of nitrogens with two attached hydrogens (primary N) is 1. The van der Waals surface area contributed by atoms with Crippen molar-refractivity contribution in [1.29, 1.82) is 0 Å². The van der Waals surface area contributed by atoms with E-state index in [0.29, 0.717) is 17.2 Å². The van der Waals surface area contributed by atoms with Crippen LogP contribution in [0.25, 0.3) is 0 Å². The summed E-state index contributed by atoms with van der Waals surface area (Å²) in [7, 11) is 0. The molecule has 0 spiro atoms. The molecule has 1 aliphatic heterocycles. The molecule has 31 heavy (non-hydrogen) atoms. The summed E-state index contributed by atoms with van der Waals surface area (Å²) in [5.41, 5.74) is 8.27. The molecule has 1 aliphatic rings. The fourth-order valence-corrected chi connectivity index (χ4v) is 3.73. The molecule has 0 aliphatic carbocycles. The van der Waals surface area contributed by atoms with E-state index in [0.717, 1.165) is 45.7 Å². The average molecular weight is 417 g/mol. The van der Waals surface area contributed by atoms with Crippen molar-refractivity contribution in [3.63, 3.8) is 0 Å². The standard InChI is InChI=1S/C25H28N4O2/c26-25(30)22-8-11-24(27-18-22)31-23-9-6-21(7-10-23)19-29-16-14-28(15-17-29)13-12-20-4-2-1-3-5-20/h1-11,18H,12-17,19H2,(H2,26,30). The van der Waals surface area contributed by atoms with Crippen LogP contribution in [-0.4, -0.2) is 53.4 Å². The van der Waals surface area contributed by atoms with Crippen molar-refractivity contribution in [1.82, 2.24) is 14.8 Å². The second-order valence-corrected chi connectivity index (χ2v) is 7.85. The Morgan fingerprint density at radius 2 is 1.58 bits per heavy atom. The zero-order valence-corrected chi connectivity index (χ0v) is 17.6. The van der Waals surface area contributed by atoms with Gasteiger partial charge in [-0.25, -0.2) is 4.98 Å². The Morgan fingerprint density at radius 1 is 0.871 bits per heavy atom. The summed E-state index contributed by atoms with van der Waals surface area (Å²) >= 11 is 0. The molecule has 1 aromatic heterocycles. The first-order valence-corrected chi connectivity index (χ1v) is 10.7. The van der Waals surface area contributed by atoms with Crippen LogP contribution in [0.2, 0.25) is 0 Å². The molecule has 6 heteroatoms. The van der Waals surface area contributed by atoms with Gasteiger partial charge < -0.3 is 15.4 Å². The molecule has 2 aromatic carbocycles. The Hall–Kier alpha value is -3.22. The Kier molecular flexibility index (Phi) is 6.92. The van der Waals surface area contributed by atoms with Crippen LogP contribution < -0.4 is 10.5 Å². The quantitative estimate of drug-likeness (QED) is 0.610. The normalized spacial score (nSPS) is 15.0. The van der Waals surface area contributed by atoms with Gasteiger partial charge in [-0.15, -0.1) is 0 Å². The number of hydrogen-bond donors (Lipinski definition) is 1. The van der Waals surface area contributed by atoms with Crippen molar-refractivity contribution in [2.24, 2.45) is 5.73 Å². The number of benzene rings is 2. The molecule has 0 unspecified atom stereocenters. The van der Waals surface area contributed by atoms with E-state index in [1.54, 1.807) is 12.1 Å². The summed E-state index contributed by atoms with van der Waals surface area (Å²) in [6, 6.07) is 22.0. The molecule has 4 rings (SSSR count).